The minimum absolute atomic E-state index is 0.0240. The van der Waals surface area contributed by atoms with E-state index in [9.17, 15) is 4.79 Å². The van der Waals surface area contributed by atoms with Gasteiger partial charge >= 0.3 is 0 Å². The molecule has 110 valence electrons. The van der Waals surface area contributed by atoms with E-state index in [1.807, 2.05) is 24.3 Å². The summed E-state index contributed by atoms with van der Waals surface area (Å²) in [6, 6.07) is 7.66. The Morgan fingerprint density at radius 3 is 2.80 bits per heavy atom. The molecule has 2 rings (SSSR count). The molecule has 1 aromatic rings. The summed E-state index contributed by atoms with van der Waals surface area (Å²) in [5.74, 6) is 1.30. The van der Waals surface area contributed by atoms with Crippen molar-refractivity contribution in [3.8, 4) is 5.75 Å². The van der Waals surface area contributed by atoms with Gasteiger partial charge in [-0.25, -0.2) is 0 Å². The zero-order valence-electron chi connectivity index (χ0n) is 11.8. The maximum atomic E-state index is 12.3. The van der Waals surface area contributed by atoms with E-state index in [1.165, 1.54) is 0 Å². The quantitative estimate of drug-likeness (QED) is 0.768. The van der Waals surface area contributed by atoms with Crippen LogP contribution in [-0.4, -0.2) is 49.3 Å². The molecule has 5 heteroatoms. The standard InChI is InChI=1S/C15H22N2O3/c1-20-14-5-3-2-4-13(14)11-17(6-7-18)15(19)8-12-9-16-10-12/h2-5,12,16,18H,6-11H2,1H3. The Bertz CT molecular complexity index is 446. The van der Waals surface area contributed by atoms with E-state index in [2.05, 4.69) is 5.32 Å². The van der Waals surface area contributed by atoms with Crippen LogP contribution in [0.15, 0.2) is 24.3 Å². The van der Waals surface area contributed by atoms with Gasteiger partial charge in [-0.1, -0.05) is 18.2 Å². The van der Waals surface area contributed by atoms with Crippen LogP contribution >= 0.6 is 0 Å². The Balaban J connectivity index is 2.01. The van der Waals surface area contributed by atoms with Gasteiger partial charge in [-0.2, -0.15) is 0 Å². The lowest BCUT2D eigenvalue weighted by molar-refractivity contribution is -0.133. The second-order valence-corrected chi connectivity index (χ2v) is 5.08. The van der Waals surface area contributed by atoms with Crippen LogP contribution in [0.25, 0.3) is 0 Å². The molecule has 5 nitrogen and oxygen atoms in total. The molecule has 0 aromatic heterocycles. The van der Waals surface area contributed by atoms with Crippen molar-refractivity contribution in [1.82, 2.24) is 10.2 Å². The predicted octanol–water partition coefficient (Wildman–Crippen LogP) is 0.626. The molecule has 1 amide bonds. The number of para-hydroxylation sites is 1. The van der Waals surface area contributed by atoms with Gasteiger partial charge in [0.15, 0.2) is 0 Å². The molecule has 1 aliphatic heterocycles. The van der Waals surface area contributed by atoms with E-state index in [4.69, 9.17) is 9.84 Å². The van der Waals surface area contributed by atoms with Gasteiger partial charge in [-0.05, 0) is 25.1 Å². The highest BCUT2D eigenvalue weighted by Gasteiger charge is 2.23. The Kier molecular flexibility index (Phi) is 5.38. The number of hydrogen-bond acceptors (Lipinski definition) is 4. The fraction of sp³-hybridized carbons (Fsp3) is 0.533. The minimum Gasteiger partial charge on any atom is -0.496 e. The first-order valence-electron chi connectivity index (χ1n) is 6.96. The number of nitrogens with zero attached hydrogens (tertiary/aromatic N) is 1. The van der Waals surface area contributed by atoms with Crippen LogP contribution in [0, 0.1) is 5.92 Å². The number of rotatable bonds is 7. The largest absolute Gasteiger partial charge is 0.496 e. The van der Waals surface area contributed by atoms with E-state index in [1.54, 1.807) is 12.0 Å². The molecule has 0 aliphatic carbocycles. The number of carbonyl (C=O) groups excluding carboxylic acids is 1. The van der Waals surface area contributed by atoms with Gasteiger partial charge in [0.2, 0.25) is 5.91 Å². The Labute approximate surface area is 119 Å². The average molecular weight is 278 g/mol. The van der Waals surface area contributed by atoms with E-state index < -0.39 is 0 Å². The first-order chi connectivity index (χ1) is 9.74. The molecule has 1 saturated heterocycles. The number of nitrogens with one attached hydrogen (secondary N) is 1. The van der Waals surface area contributed by atoms with E-state index >= 15 is 0 Å². The molecular weight excluding hydrogens is 256 g/mol. The highest BCUT2D eigenvalue weighted by Crippen LogP contribution is 2.20. The van der Waals surface area contributed by atoms with E-state index in [-0.39, 0.29) is 12.5 Å². The van der Waals surface area contributed by atoms with Crippen molar-refractivity contribution < 1.29 is 14.6 Å². The molecule has 0 bridgehead atoms. The van der Waals surface area contributed by atoms with Crippen LogP contribution in [0.5, 0.6) is 5.75 Å². The second kappa shape index (κ2) is 7.26. The van der Waals surface area contributed by atoms with E-state index in [0.29, 0.717) is 25.4 Å². The monoisotopic (exact) mass is 278 g/mol. The van der Waals surface area contributed by atoms with Crippen molar-refractivity contribution in [2.45, 2.75) is 13.0 Å². The third-order valence-electron chi connectivity index (χ3n) is 3.61. The lowest BCUT2D eigenvalue weighted by Gasteiger charge is -2.30. The zero-order chi connectivity index (χ0) is 14.4. The molecule has 0 radical (unpaired) electrons. The third-order valence-corrected chi connectivity index (χ3v) is 3.61. The van der Waals surface area contributed by atoms with Gasteiger partial charge in [0.05, 0.1) is 13.7 Å². The molecule has 0 unspecified atom stereocenters. The topological polar surface area (TPSA) is 61.8 Å². The third kappa shape index (κ3) is 3.71. The van der Waals surface area contributed by atoms with Gasteiger partial charge in [-0.15, -0.1) is 0 Å². The smallest absolute Gasteiger partial charge is 0.223 e. The molecule has 1 aromatic carbocycles. The summed E-state index contributed by atoms with van der Waals surface area (Å²) in [6.45, 7) is 2.63. The van der Waals surface area contributed by atoms with Crippen molar-refractivity contribution in [3.05, 3.63) is 29.8 Å². The lowest BCUT2D eigenvalue weighted by atomic mass is 9.98. The summed E-state index contributed by atoms with van der Waals surface area (Å²) in [6.07, 6.45) is 0.544. The van der Waals surface area contributed by atoms with Gasteiger partial charge in [0, 0.05) is 25.1 Å². The number of benzene rings is 1. The molecule has 0 spiro atoms. The summed E-state index contributed by atoms with van der Waals surface area (Å²) in [4.78, 5) is 14.0. The van der Waals surface area contributed by atoms with Gasteiger partial charge in [-0.3, -0.25) is 4.79 Å². The second-order valence-electron chi connectivity index (χ2n) is 5.08. The highest BCUT2D eigenvalue weighted by atomic mass is 16.5. The van der Waals surface area contributed by atoms with Crippen LogP contribution in [-0.2, 0) is 11.3 Å². The minimum atomic E-state index is -0.0240. The van der Waals surface area contributed by atoms with E-state index in [0.717, 1.165) is 24.4 Å². The van der Waals surface area contributed by atoms with Crippen molar-refractivity contribution in [3.63, 3.8) is 0 Å². The fourth-order valence-electron chi connectivity index (χ4n) is 2.32. The molecule has 20 heavy (non-hydrogen) atoms. The SMILES string of the molecule is COc1ccccc1CN(CCO)C(=O)CC1CNC1. The summed E-state index contributed by atoms with van der Waals surface area (Å²) >= 11 is 0. The molecule has 1 heterocycles. The summed E-state index contributed by atoms with van der Waals surface area (Å²) in [5, 5.41) is 12.3. The Morgan fingerprint density at radius 2 is 2.20 bits per heavy atom. The van der Waals surface area contributed by atoms with Gasteiger partial charge < -0.3 is 20.1 Å². The number of hydrogen-bond donors (Lipinski definition) is 2. The average Bonchev–Trinajstić information content (AvgIpc) is 2.42. The first kappa shape index (κ1) is 14.8. The van der Waals surface area contributed by atoms with Gasteiger partial charge in [0.25, 0.3) is 0 Å². The number of aliphatic hydroxyl groups excluding tert-OH is 1. The fourth-order valence-corrected chi connectivity index (χ4v) is 2.32. The van der Waals surface area contributed by atoms with Gasteiger partial charge in [0.1, 0.15) is 5.75 Å². The van der Waals surface area contributed by atoms with Crippen LogP contribution < -0.4 is 10.1 Å². The number of methoxy groups -OCH3 is 1. The van der Waals surface area contributed by atoms with Crippen molar-refractivity contribution in [2.75, 3.05) is 33.4 Å². The Hall–Kier alpha value is -1.59. The molecule has 1 aliphatic rings. The molecule has 2 N–H and O–H groups in total. The van der Waals surface area contributed by atoms with Crippen molar-refractivity contribution >= 4 is 5.91 Å². The summed E-state index contributed by atoms with van der Waals surface area (Å²) in [7, 11) is 1.62. The van der Waals surface area contributed by atoms with Crippen molar-refractivity contribution in [2.24, 2.45) is 5.92 Å². The first-order valence-corrected chi connectivity index (χ1v) is 6.96. The number of amides is 1. The maximum absolute atomic E-state index is 12.3. The number of carbonyl (C=O) groups is 1. The summed E-state index contributed by atoms with van der Waals surface area (Å²) in [5.41, 5.74) is 0.962. The van der Waals surface area contributed by atoms with Crippen LogP contribution in [0.4, 0.5) is 0 Å². The summed E-state index contributed by atoms with van der Waals surface area (Å²) < 4.78 is 5.31. The predicted molar refractivity (Wildman–Crippen MR) is 76.5 cm³/mol. The zero-order valence-corrected chi connectivity index (χ0v) is 11.8. The lowest BCUT2D eigenvalue weighted by Crippen LogP contribution is -2.45. The van der Waals surface area contributed by atoms with Crippen molar-refractivity contribution in [1.29, 1.82) is 0 Å². The number of ether oxygens (including phenoxy) is 1. The molecular formula is C15H22N2O3. The normalized spacial score (nSPS) is 14.7. The van der Waals surface area contributed by atoms with Crippen LogP contribution in [0.3, 0.4) is 0 Å². The van der Waals surface area contributed by atoms with Crippen LogP contribution in [0.2, 0.25) is 0 Å². The highest BCUT2D eigenvalue weighted by molar-refractivity contribution is 5.76. The van der Waals surface area contributed by atoms with Crippen LogP contribution in [0.1, 0.15) is 12.0 Å². The Morgan fingerprint density at radius 1 is 1.45 bits per heavy atom. The number of aliphatic hydroxyl groups is 1. The molecule has 0 saturated carbocycles. The molecule has 0 atom stereocenters. The molecule has 1 fully saturated rings. The maximum Gasteiger partial charge on any atom is 0.223 e.